The lowest BCUT2D eigenvalue weighted by molar-refractivity contribution is 0.352. The van der Waals surface area contributed by atoms with Crippen molar-refractivity contribution in [3.05, 3.63) is 35.4 Å². The van der Waals surface area contributed by atoms with E-state index in [0.29, 0.717) is 0 Å². The predicted molar refractivity (Wildman–Crippen MR) is 62.7 cm³/mol. The highest BCUT2D eigenvalue weighted by Crippen LogP contribution is 2.31. The summed E-state index contributed by atoms with van der Waals surface area (Å²) >= 11 is 0. The van der Waals surface area contributed by atoms with Gasteiger partial charge in [-0.1, -0.05) is 23.8 Å². The molecule has 2 heteroatoms. The van der Waals surface area contributed by atoms with E-state index in [1.54, 1.807) is 14.2 Å². The Hall–Kier alpha value is -1.44. The molecule has 0 atom stereocenters. The zero-order valence-electron chi connectivity index (χ0n) is 9.83. The molecule has 0 radical (unpaired) electrons. The minimum absolute atomic E-state index is 0.789. The van der Waals surface area contributed by atoms with Crippen LogP contribution in [0.4, 0.5) is 0 Å². The number of methoxy groups -OCH3 is 2. The number of hydrogen-bond acceptors (Lipinski definition) is 2. The second-order valence-electron chi connectivity index (χ2n) is 3.64. The molecule has 0 unspecified atom stereocenters. The van der Waals surface area contributed by atoms with Gasteiger partial charge in [0.1, 0.15) is 0 Å². The normalized spacial score (nSPS) is 9.60. The third kappa shape index (κ3) is 3.01. The van der Waals surface area contributed by atoms with Gasteiger partial charge >= 0.3 is 0 Å². The first-order valence-electron chi connectivity index (χ1n) is 5.02. The molecule has 0 bridgehead atoms. The summed E-state index contributed by atoms with van der Waals surface area (Å²) in [5.41, 5.74) is 2.46. The maximum atomic E-state index is 5.35. The lowest BCUT2D eigenvalue weighted by Crippen LogP contribution is -1.95. The molecule has 0 saturated carbocycles. The van der Waals surface area contributed by atoms with Gasteiger partial charge in [-0.25, -0.2) is 0 Å². The van der Waals surface area contributed by atoms with E-state index in [-0.39, 0.29) is 0 Å². The molecule has 0 amide bonds. The monoisotopic (exact) mass is 206 g/mol. The number of hydrogen-bond donors (Lipinski definition) is 0. The van der Waals surface area contributed by atoms with Gasteiger partial charge in [0, 0.05) is 5.56 Å². The molecule has 0 aliphatic heterocycles. The topological polar surface area (TPSA) is 18.5 Å². The smallest absolute Gasteiger partial charge is 0.164 e. The predicted octanol–water partition coefficient (Wildman–Crippen LogP) is 3.21. The van der Waals surface area contributed by atoms with Crippen molar-refractivity contribution in [2.75, 3.05) is 14.2 Å². The summed E-state index contributed by atoms with van der Waals surface area (Å²) in [7, 11) is 3.33. The number of ether oxygens (including phenoxy) is 2. The number of para-hydroxylation sites is 1. The minimum Gasteiger partial charge on any atom is -0.493 e. The molecule has 1 aromatic rings. The van der Waals surface area contributed by atoms with Gasteiger partial charge in [-0.2, -0.15) is 0 Å². The second kappa shape index (κ2) is 5.44. The van der Waals surface area contributed by atoms with E-state index in [1.807, 2.05) is 12.1 Å². The molecule has 1 aromatic carbocycles. The van der Waals surface area contributed by atoms with Gasteiger partial charge in [0.25, 0.3) is 0 Å². The third-order valence-corrected chi connectivity index (χ3v) is 2.21. The van der Waals surface area contributed by atoms with Crippen LogP contribution in [0.1, 0.15) is 19.4 Å². The van der Waals surface area contributed by atoms with E-state index < -0.39 is 0 Å². The Kier molecular flexibility index (Phi) is 4.22. The quantitative estimate of drug-likeness (QED) is 0.704. The summed E-state index contributed by atoms with van der Waals surface area (Å²) in [6, 6.07) is 5.95. The van der Waals surface area contributed by atoms with Gasteiger partial charge in [0.05, 0.1) is 14.2 Å². The van der Waals surface area contributed by atoms with Crippen LogP contribution >= 0.6 is 0 Å². The molecule has 1 rings (SSSR count). The summed E-state index contributed by atoms with van der Waals surface area (Å²) in [6.45, 7) is 4.18. The SMILES string of the molecule is COc1cccc(CC=C(C)C)c1OC. The summed E-state index contributed by atoms with van der Waals surface area (Å²) < 4.78 is 10.6. The maximum Gasteiger partial charge on any atom is 0.164 e. The van der Waals surface area contributed by atoms with Crippen LogP contribution in [0.3, 0.4) is 0 Å². The van der Waals surface area contributed by atoms with Crippen LogP contribution in [0.25, 0.3) is 0 Å². The van der Waals surface area contributed by atoms with E-state index in [9.17, 15) is 0 Å². The van der Waals surface area contributed by atoms with E-state index in [2.05, 4.69) is 26.0 Å². The van der Waals surface area contributed by atoms with Crippen LogP contribution in [0.5, 0.6) is 11.5 Å². The average molecular weight is 206 g/mol. The van der Waals surface area contributed by atoms with Crippen molar-refractivity contribution < 1.29 is 9.47 Å². The van der Waals surface area contributed by atoms with Crippen LogP contribution in [0, 0.1) is 0 Å². The lowest BCUT2D eigenvalue weighted by atomic mass is 10.1. The molecule has 2 nitrogen and oxygen atoms in total. The number of allylic oxidation sites excluding steroid dienone is 2. The van der Waals surface area contributed by atoms with Crippen molar-refractivity contribution in [1.82, 2.24) is 0 Å². The van der Waals surface area contributed by atoms with Crippen molar-refractivity contribution >= 4 is 0 Å². The van der Waals surface area contributed by atoms with Crippen molar-refractivity contribution in [3.63, 3.8) is 0 Å². The molecular formula is C13H18O2. The summed E-state index contributed by atoms with van der Waals surface area (Å²) in [5.74, 6) is 1.62. The fourth-order valence-corrected chi connectivity index (χ4v) is 1.43. The van der Waals surface area contributed by atoms with Crippen molar-refractivity contribution in [2.24, 2.45) is 0 Å². The van der Waals surface area contributed by atoms with Crippen LogP contribution in [0.2, 0.25) is 0 Å². The summed E-state index contributed by atoms with van der Waals surface area (Å²) in [4.78, 5) is 0. The van der Waals surface area contributed by atoms with Crippen LogP contribution in [-0.4, -0.2) is 14.2 Å². The Balaban J connectivity index is 3.01. The molecule has 0 fully saturated rings. The minimum atomic E-state index is 0.789. The highest BCUT2D eigenvalue weighted by atomic mass is 16.5. The first-order valence-corrected chi connectivity index (χ1v) is 5.02. The molecule has 0 aliphatic rings. The molecule has 82 valence electrons. The van der Waals surface area contributed by atoms with Crippen molar-refractivity contribution in [3.8, 4) is 11.5 Å². The standard InChI is InChI=1S/C13H18O2/c1-10(2)8-9-11-6-5-7-12(14-3)13(11)15-4/h5-8H,9H2,1-4H3. The first-order chi connectivity index (χ1) is 7.19. The Morgan fingerprint density at radius 2 is 1.93 bits per heavy atom. The van der Waals surface area contributed by atoms with E-state index in [0.717, 1.165) is 23.5 Å². The van der Waals surface area contributed by atoms with Gasteiger partial charge in [0.2, 0.25) is 0 Å². The molecule has 0 heterocycles. The first kappa shape index (κ1) is 11.6. The van der Waals surface area contributed by atoms with Crippen LogP contribution < -0.4 is 9.47 Å². The van der Waals surface area contributed by atoms with Crippen molar-refractivity contribution in [1.29, 1.82) is 0 Å². The average Bonchev–Trinajstić information content (AvgIpc) is 2.25. The number of benzene rings is 1. The highest BCUT2D eigenvalue weighted by molar-refractivity contribution is 5.47. The molecular weight excluding hydrogens is 188 g/mol. The van der Waals surface area contributed by atoms with Crippen LogP contribution in [0.15, 0.2) is 29.8 Å². The zero-order chi connectivity index (χ0) is 11.3. The molecule has 0 aromatic heterocycles. The molecule has 0 N–H and O–H groups in total. The van der Waals surface area contributed by atoms with Gasteiger partial charge in [0.15, 0.2) is 11.5 Å². The highest BCUT2D eigenvalue weighted by Gasteiger charge is 2.07. The lowest BCUT2D eigenvalue weighted by Gasteiger charge is -2.11. The molecule has 0 spiro atoms. The Morgan fingerprint density at radius 3 is 2.47 bits per heavy atom. The molecule has 15 heavy (non-hydrogen) atoms. The van der Waals surface area contributed by atoms with E-state index >= 15 is 0 Å². The zero-order valence-corrected chi connectivity index (χ0v) is 9.83. The fraction of sp³-hybridized carbons (Fsp3) is 0.385. The molecule has 0 aliphatic carbocycles. The fourth-order valence-electron chi connectivity index (χ4n) is 1.43. The Labute approximate surface area is 91.5 Å². The molecule has 0 saturated heterocycles. The largest absolute Gasteiger partial charge is 0.493 e. The third-order valence-electron chi connectivity index (χ3n) is 2.21. The van der Waals surface area contributed by atoms with Gasteiger partial charge in [-0.3, -0.25) is 0 Å². The van der Waals surface area contributed by atoms with Crippen molar-refractivity contribution in [2.45, 2.75) is 20.3 Å². The Morgan fingerprint density at radius 1 is 1.20 bits per heavy atom. The van der Waals surface area contributed by atoms with E-state index in [1.165, 1.54) is 5.57 Å². The Bertz CT molecular complexity index is 350. The number of rotatable bonds is 4. The van der Waals surface area contributed by atoms with Crippen LogP contribution in [-0.2, 0) is 6.42 Å². The van der Waals surface area contributed by atoms with Gasteiger partial charge in [-0.15, -0.1) is 0 Å². The second-order valence-corrected chi connectivity index (χ2v) is 3.64. The summed E-state index contributed by atoms with van der Waals surface area (Å²) in [6.07, 6.45) is 3.06. The van der Waals surface area contributed by atoms with Gasteiger partial charge in [-0.05, 0) is 26.3 Å². The summed E-state index contributed by atoms with van der Waals surface area (Å²) in [5, 5.41) is 0. The maximum absolute atomic E-state index is 5.35. The van der Waals surface area contributed by atoms with E-state index in [4.69, 9.17) is 9.47 Å². The van der Waals surface area contributed by atoms with Gasteiger partial charge < -0.3 is 9.47 Å².